The summed E-state index contributed by atoms with van der Waals surface area (Å²) in [5, 5.41) is 5.71. The average molecular weight is 323 g/mol. The Bertz CT molecular complexity index is 853. The molecule has 0 aliphatic carbocycles. The fourth-order valence-corrected chi connectivity index (χ4v) is 2.05. The van der Waals surface area contributed by atoms with Crippen LogP contribution in [0.5, 0.6) is 0 Å². The second-order valence-corrected chi connectivity index (χ2v) is 5.03. The summed E-state index contributed by atoms with van der Waals surface area (Å²) in [6, 6.07) is 9.79. The summed E-state index contributed by atoms with van der Waals surface area (Å²) in [5.74, 6) is -0.665. The largest absolute Gasteiger partial charge is 0.352 e. The Hall–Kier alpha value is -3.35. The number of nitrogens with one attached hydrogen (secondary N) is 2. The molecule has 24 heavy (non-hydrogen) atoms. The van der Waals surface area contributed by atoms with Crippen molar-refractivity contribution >= 4 is 23.1 Å². The third-order valence-electron chi connectivity index (χ3n) is 3.16. The number of nitrogens with zero attached hydrogens (tertiary/aromatic N) is 3. The highest BCUT2D eigenvalue weighted by molar-refractivity contribution is 6.06. The number of aryl methyl sites for hydroxylation is 1. The summed E-state index contributed by atoms with van der Waals surface area (Å²) < 4.78 is 12.9. The standard InChI is InChI=1S/C17H14FN5O/c1-11-4-6-14(22-13-3-2-8-19-10-13)16(21-11)17(24)23-15-7-5-12(18)9-20-15/h2-10,22H,1H3,(H,20,23,24). The van der Waals surface area contributed by atoms with Gasteiger partial charge in [-0.25, -0.2) is 14.4 Å². The molecule has 0 saturated heterocycles. The second kappa shape index (κ2) is 6.82. The second-order valence-electron chi connectivity index (χ2n) is 5.03. The van der Waals surface area contributed by atoms with E-state index in [0.717, 1.165) is 11.9 Å². The van der Waals surface area contributed by atoms with Crippen molar-refractivity contribution in [1.82, 2.24) is 15.0 Å². The molecule has 0 radical (unpaired) electrons. The lowest BCUT2D eigenvalue weighted by Crippen LogP contribution is -2.17. The van der Waals surface area contributed by atoms with Gasteiger partial charge >= 0.3 is 0 Å². The molecule has 0 aromatic carbocycles. The van der Waals surface area contributed by atoms with Crippen LogP contribution in [-0.4, -0.2) is 20.9 Å². The number of anilines is 3. The summed E-state index contributed by atoms with van der Waals surface area (Å²) >= 11 is 0. The molecule has 0 bridgehead atoms. The van der Waals surface area contributed by atoms with Gasteiger partial charge in [-0.2, -0.15) is 0 Å². The smallest absolute Gasteiger partial charge is 0.277 e. The minimum Gasteiger partial charge on any atom is -0.352 e. The molecule has 7 heteroatoms. The van der Waals surface area contributed by atoms with Crippen LogP contribution in [0.15, 0.2) is 55.0 Å². The van der Waals surface area contributed by atoms with E-state index in [0.29, 0.717) is 11.4 Å². The van der Waals surface area contributed by atoms with Gasteiger partial charge in [-0.15, -0.1) is 0 Å². The molecule has 0 atom stereocenters. The highest BCUT2D eigenvalue weighted by atomic mass is 19.1. The Balaban J connectivity index is 1.87. The first-order chi connectivity index (χ1) is 11.6. The lowest BCUT2D eigenvalue weighted by Gasteiger charge is -2.12. The lowest BCUT2D eigenvalue weighted by molar-refractivity contribution is 0.102. The number of hydrogen-bond donors (Lipinski definition) is 2. The number of rotatable bonds is 4. The molecule has 0 aliphatic rings. The first-order valence-corrected chi connectivity index (χ1v) is 7.19. The van der Waals surface area contributed by atoms with Crippen LogP contribution in [0.25, 0.3) is 0 Å². The number of carbonyl (C=O) groups excluding carboxylic acids is 1. The zero-order valence-electron chi connectivity index (χ0n) is 12.8. The van der Waals surface area contributed by atoms with Crippen molar-refractivity contribution in [1.29, 1.82) is 0 Å². The molecule has 120 valence electrons. The van der Waals surface area contributed by atoms with Gasteiger partial charge in [0.05, 0.1) is 23.8 Å². The summed E-state index contributed by atoms with van der Waals surface area (Å²) in [7, 11) is 0. The minimum atomic E-state index is -0.472. The molecule has 6 nitrogen and oxygen atoms in total. The van der Waals surface area contributed by atoms with Crippen LogP contribution in [0.3, 0.4) is 0 Å². The zero-order chi connectivity index (χ0) is 16.9. The molecule has 0 saturated carbocycles. The van der Waals surface area contributed by atoms with Crippen LogP contribution in [0.1, 0.15) is 16.2 Å². The van der Waals surface area contributed by atoms with Crippen molar-refractivity contribution in [3.63, 3.8) is 0 Å². The molecule has 0 unspecified atom stereocenters. The molecule has 0 spiro atoms. The average Bonchev–Trinajstić information content (AvgIpc) is 2.59. The van der Waals surface area contributed by atoms with Gasteiger partial charge in [0, 0.05) is 11.9 Å². The molecule has 3 aromatic heterocycles. The maximum atomic E-state index is 12.9. The van der Waals surface area contributed by atoms with E-state index in [-0.39, 0.29) is 11.5 Å². The van der Waals surface area contributed by atoms with E-state index in [2.05, 4.69) is 25.6 Å². The fraction of sp³-hybridized carbons (Fsp3) is 0.0588. The van der Waals surface area contributed by atoms with E-state index in [1.54, 1.807) is 37.5 Å². The number of hydrogen-bond acceptors (Lipinski definition) is 5. The Labute approximate surface area is 137 Å². The Kier molecular flexibility index (Phi) is 4.42. The summed E-state index contributed by atoms with van der Waals surface area (Å²) in [4.78, 5) is 24.6. The lowest BCUT2D eigenvalue weighted by atomic mass is 10.2. The molecule has 3 heterocycles. The Morgan fingerprint density at radius 2 is 2.00 bits per heavy atom. The van der Waals surface area contributed by atoms with Crippen LogP contribution < -0.4 is 10.6 Å². The molecule has 3 rings (SSSR count). The molecule has 0 fully saturated rings. The number of pyridine rings is 3. The predicted molar refractivity (Wildman–Crippen MR) is 88.6 cm³/mol. The third-order valence-corrected chi connectivity index (χ3v) is 3.16. The first kappa shape index (κ1) is 15.5. The van der Waals surface area contributed by atoms with Crippen LogP contribution in [0.4, 0.5) is 21.6 Å². The normalized spacial score (nSPS) is 10.2. The predicted octanol–water partition coefficient (Wildman–Crippen LogP) is 3.32. The van der Waals surface area contributed by atoms with E-state index in [4.69, 9.17) is 0 Å². The van der Waals surface area contributed by atoms with E-state index < -0.39 is 11.7 Å². The molecule has 1 amide bonds. The molecular weight excluding hydrogens is 309 g/mol. The molecule has 2 N–H and O–H groups in total. The summed E-state index contributed by atoms with van der Waals surface area (Å²) in [6.07, 6.45) is 4.34. The van der Waals surface area contributed by atoms with Gasteiger partial charge in [-0.3, -0.25) is 9.78 Å². The van der Waals surface area contributed by atoms with Gasteiger partial charge in [0.25, 0.3) is 5.91 Å². The highest BCUT2D eigenvalue weighted by Gasteiger charge is 2.15. The number of carbonyl (C=O) groups is 1. The van der Waals surface area contributed by atoms with Crippen molar-refractivity contribution in [2.24, 2.45) is 0 Å². The van der Waals surface area contributed by atoms with E-state index >= 15 is 0 Å². The van der Waals surface area contributed by atoms with Crippen molar-refractivity contribution in [2.75, 3.05) is 10.6 Å². The number of aromatic nitrogens is 3. The zero-order valence-corrected chi connectivity index (χ0v) is 12.8. The SMILES string of the molecule is Cc1ccc(Nc2cccnc2)c(C(=O)Nc2ccc(F)cn2)n1. The van der Waals surface area contributed by atoms with E-state index in [1.165, 1.54) is 12.1 Å². The maximum absolute atomic E-state index is 12.9. The van der Waals surface area contributed by atoms with Crippen LogP contribution in [-0.2, 0) is 0 Å². The van der Waals surface area contributed by atoms with Gasteiger partial charge in [0.1, 0.15) is 11.6 Å². The van der Waals surface area contributed by atoms with Gasteiger partial charge in [0.15, 0.2) is 5.69 Å². The maximum Gasteiger partial charge on any atom is 0.277 e. The van der Waals surface area contributed by atoms with Gasteiger partial charge in [-0.1, -0.05) is 0 Å². The summed E-state index contributed by atoms with van der Waals surface area (Å²) in [6.45, 7) is 1.79. The fourth-order valence-electron chi connectivity index (χ4n) is 2.05. The Morgan fingerprint density at radius 3 is 2.71 bits per heavy atom. The van der Waals surface area contributed by atoms with Crippen LogP contribution in [0, 0.1) is 12.7 Å². The minimum absolute atomic E-state index is 0.213. The number of amides is 1. The van der Waals surface area contributed by atoms with Gasteiger partial charge in [-0.05, 0) is 43.3 Å². The quantitative estimate of drug-likeness (QED) is 0.770. The summed E-state index contributed by atoms with van der Waals surface area (Å²) in [5.41, 5.74) is 2.18. The van der Waals surface area contributed by atoms with Gasteiger partial charge in [0.2, 0.25) is 0 Å². The monoisotopic (exact) mass is 323 g/mol. The third kappa shape index (κ3) is 3.70. The topological polar surface area (TPSA) is 79.8 Å². The van der Waals surface area contributed by atoms with Gasteiger partial charge < -0.3 is 10.6 Å². The van der Waals surface area contributed by atoms with E-state index in [9.17, 15) is 9.18 Å². The molecule has 3 aromatic rings. The van der Waals surface area contributed by atoms with Crippen LogP contribution in [0.2, 0.25) is 0 Å². The molecular formula is C17H14FN5O. The van der Waals surface area contributed by atoms with Crippen molar-refractivity contribution in [3.8, 4) is 0 Å². The van der Waals surface area contributed by atoms with Crippen molar-refractivity contribution in [2.45, 2.75) is 6.92 Å². The Morgan fingerprint density at radius 1 is 1.12 bits per heavy atom. The number of halogens is 1. The highest BCUT2D eigenvalue weighted by Crippen LogP contribution is 2.20. The molecule has 0 aliphatic heterocycles. The van der Waals surface area contributed by atoms with E-state index in [1.807, 2.05) is 6.07 Å². The van der Waals surface area contributed by atoms with Crippen LogP contribution >= 0.6 is 0 Å². The van der Waals surface area contributed by atoms with Crippen molar-refractivity contribution < 1.29 is 9.18 Å². The first-order valence-electron chi connectivity index (χ1n) is 7.19. The van der Waals surface area contributed by atoms with Crippen molar-refractivity contribution in [3.05, 3.63) is 72.2 Å².